The van der Waals surface area contributed by atoms with E-state index in [2.05, 4.69) is 5.32 Å². The fourth-order valence-electron chi connectivity index (χ4n) is 4.38. The van der Waals surface area contributed by atoms with E-state index in [1.54, 1.807) is 56.3 Å². The minimum atomic E-state index is -4.30. The summed E-state index contributed by atoms with van der Waals surface area (Å²) in [5, 5.41) is 4.04. The third-order valence-electron chi connectivity index (χ3n) is 6.86. The standard InChI is InChI=1S/C31H36Cl3N3O5S/c1-5-21(4)35-31(39)27(6-2)36(19-22-12-13-24(33)18-26(22)34)30(38)20-37(28-10-8-9-11-29(28)42-7-3)43(40,41)25-16-14-23(32)15-17-25/h8-18,21,27H,5-7,19-20H2,1-4H3,(H,35,39)/t21-,27+/m0/s1. The lowest BCUT2D eigenvalue weighted by molar-refractivity contribution is -0.140. The molecule has 3 aromatic rings. The number of nitrogens with zero attached hydrogens (tertiary/aromatic N) is 2. The van der Waals surface area contributed by atoms with Crippen molar-refractivity contribution >= 4 is 62.3 Å². The van der Waals surface area contributed by atoms with E-state index in [1.807, 2.05) is 13.8 Å². The molecule has 0 aliphatic heterocycles. The summed E-state index contributed by atoms with van der Waals surface area (Å²) < 4.78 is 35.0. The van der Waals surface area contributed by atoms with Crippen molar-refractivity contribution in [2.24, 2.45) is 0 Å². The first-order valence-electron chi connectivity index (χ1n) is 14.0. The Bertz CT molecular complexity index is 1520. The summed E-state index contributed by atoms with van der Waals surface area (Å²) in [5.74, 6) is -0.678. The number of nitrogens with one attached hydrogen (secondary N) is 1. The van der Waals surface area contributed by atoms with Crippen molar-refractivity contribution in [3.8, 4) is 5.75 Å². The molecule has 2 atom stereocenters. The number of hydrogen-bond acceptors (Lipinski definition) is 5. The van der Waals surface area contributed by atoms with Crippen molar-refractivity contribution in [2.45, 2.75) is 64.1 Å². The molecule has 3 rings (SSSR count). The molecule has 0 saturated heterocycles. The van der Waals surface area contributed by atoms with Crippen molar-refractivity contribution in [1.29, 1.82) is 0 Å². The summed E-state index contributed by atoms with van der Waals surface area (Å²) in [6.07, 6.45) is 0.971. The Hall–Kier alpha value is -2.98. The van der Waals surface area contributed by atoms with Gasteiger partial charge in [0.25, 0.3) is 10.0 Å². The molecule has 0 unspecified atom stereocenters. The molecule has 3 aromatic carbocycles. The van der Waals surface area contributed by atoms with Crippen LogP contribution in [-0.4, -0.2) is 50.4 Å². The number of rotatable bonds is 14. The zero-order valence-electron chi connectivity index (χ0n) is 24.5. The number of amides is 2. The molecule has 2 amide bonds. The highest BCUT2D eigenvalue weighted by Crippen LogP contribution is 2.33. The van der Waals surface area contributed by atoms with Gasteiger partial charge in [0, 0.05) is 27.7 Å². The average molecular weight is 669 g/mol. The van der Waals surface area contributed by atoms with Crippen molar-refractivity contribution in [2.75, 3.05) is 17.5 Å². The Kier molecular flexibility index (Phi) is 12.6. The Morgan fingerprint density at radius 3 is 2.16 bits per heavy atom. The van der Waals surface area contributed by atoms with Crippen molar-refractivity contribution in [3.05, 3.63) is 87.4 Å². The topological polar surface area (TPSA) is 96.0 Å². The molecular formula is C31H36Cl3N3O5S. The van der Waals surface area contributed by atoms with E-state index >= 15 is 0 Å². The zero-order chi connectivity index (χ0) is 31.7. The molecule has 0 radical (unpaired) electrons. The van der Waals surface area contributed by atoms with Crippen molar-refractivity contribution in [1.82, 2.24) is 10.2 Å². The number of carbonyl (C=O) groups excluding carboxylic acids is 2. The van der Waals surface area contributed by atoms with Gasteiger partial charge in [-0.3, -0.25) is 13.9 Å². The largest absolute Gasteiger partial charge is 0.492 e. The van der Waals surface area contributed by atoms with E-state index in [0.29, 0.717) is 27.1 Å². The molecule has 0 aliphatic carbocycles. The van der Waals surface area contributed by atoms with Crippen LogP contribution in [0.4, 0.5) is 5.69 Å². The van der Waals surface area contributed by atoms with Gasteiger partial charge >= 0.3 is 0 Å². The Balaban J connectivity index is 2.13. The van der Waals surface area contributed by atoms with Gasteiger partial charge in [-0.1, -0.05) is 66.8 Å². The second-order valence-electron chi connectivity index (χ2n) is 9.87. The maximum Gasteiger partial charge on any atom is 0.264 e. The van der Waals surface area contributed by atoms with Gasteiger partial charge in [0.15, 0.2) is 0 Å². The predicted octanol–water partition coefficient (Wildman–Crippen LogP) is 6.96. The number of anilines is 1. The highest BCUT2D eigenvalue weighted by molar-refractivity contribution is 7.92. The molecule has 0 fully saturated rings. The highest BCUT2D eigenvalue weighted by Gasteiger charge is 2.35. The van der Waals surface area contributed by atoms with E-state index in [4.69, 9.17) is 39.5 Å². The van der Waals surface area contributed by atoms with Crippen LogP contribution in [0, 0.1) is 0 Å². The fraction of sp³-hybridized carbons (Fsp3) is 0.355. The minimum absolute atomic E-state index is 0.0524. The van der Waals surface area contributed by atoms with Gasteiger partial charge in [-0.05, 0) is 80.8 Å². The summed E-state index contributed by atoms with van der Waals surface area (Å²) in [6.45, 7) is 6.98. The SMILES string of the molecule is CCOc1ccccc1N(CC(=O)N(Cc1ccc(Cl)cc1Cl)[C@H](CC)C(=O)N[C@@H](C)CC)S(=O)(=O)c1ccc(Cl)cc1. The number of sulfonamides is 1. The molecule has 0 heterocycles. The summed E-state index contributed by atoms with van der Waals surface area (Å²) in [6, 6.07) is 16.1. The van der Waals surface area contributed by atoms with Gasteiger partial charge in [-0.25, -0.2) is 8.42 Å². The smallest absolute Gasteiger partial charge is 0.264 e. The fourth-order valence-corrected chi connectivity index (χ4v) is 6.40. The van der Waals surface area contributed by atoms with Crippen LogP contribution in [0.2, 0.25) is 15.1 Å². The average Bonchev–Trinajstić information content (AvgIpc) is 2.97. The Morgan fingerprint density at radius 1 is 0.907 bits per heavy atom. The lowest BCUT2D eigenvalue weighted by atomic mass is 10.1. The summed E-state index contributed by atoms with van der Waals surface area (Å²) >= 11 is 18.6. The van der Waals surface area contributed by atoms with Crippen molar-refractivity contribution < 1.29 is 22.7 Å². The van der Waals surface area contributed by atoms with Gasteiger partial charge < -0.3 is 15.0 Å². The monoisotopic (exact) mass is 667 g/mol. The minimum Gasteiger partial charge on any atom is -0.492 e. The molecule has 0 bridgehead atoms. The summed E-state index contributed by atoms with van der Waals surface area (Å²) in [4.78, 5) is 29.0. The second kappa shape index (κ2) is 15.7. The molecule has 0 saturated carbocycles. The van der Waals surface area contributed by atoms with Crippen LogP contribution in [0.15, 0.2) is 71.6 Å². The number of benzene rings is 3. The molecule has 12 heteroatoms. The molecular weight excluding hydrogens is 633 g/mol. The Labute approximate surface area is 268 Å². The first-order valence-corrected chi connectivity index (χ1v) is 16.5. The molecule has 1 N–H and O–H groups in total. The Morgan fingerprint density at radius 2 is 1.56 bits per heavy atom. The molecule has 0 spiro atoms. The predicted molar refractivity (Wildman–Crippen MR) is 173 cm³/mol. The van der Waals surface area contributed by atoms with E-state index in [9.17, 15) is 18.0 Å². The number of halogens is 3. The second-order valence-corrected chi connectivity index (χ2v) is 13.0. The maximum absolute atomic E-state index is 14.3. The summed E-state index contributed by atoms with van der Waals surface area (Å²) in [5.41, 5.74) is 0.727. The van der Waals surface area contributed by atoms with Crippen LogP contribution in [0.1, 0.15) is 46.1 Å². The molecule has 0 aliphatic rings. The van der Waals surface area contributed by atoms with Crippen molar-refractivity contribution in [3.63, 3.8) is 0 Å². The van der Waals surface area contributed by atoms with Crippen LogP contribution in [0.5, 0.6) is 5.75 Å². The third kappa shape index (κ3) is 8.79. The van der Waals surface area contributed by atoms with Crippen LogP contribution < -0.4 is 14.4 Å². The normalized spacial score (nSPS) is 12.7. The van der Waals surface area contributed by atoms with Gasteiger partial charge in [-0.2, -0.15) is 0 Å². The zero-order valence-corrected chi connectivity index (χ0v) is 27.6. The van der Waals surface area contributed by atoms with Crippen LogP contribution >= 0.6 is 34.8 Å². The highest BCUT2D eigenvalue weighted by atomic mass is 35.5. The number of carbonyl (C=O) groups is 2. The maximum atomic E-state index is 14.3. The first-order chi connectivity index (χ1) is 20.4. The van der Waals surface area contributed by atoms with Crippen LogP contribution in [0.25, 0.3) is 0 Å². The molecule has 8 nitrogen and oxygen atoms in total. The third-order valence-corrected chi connectivity index (χ3v) is 9.47. The van der Waals surface area contributed by atoms with E-state index in [1.165, 1.54) is 29.2 Å². The quantitative estimate of drug-likeness (QED) is 0.200. The number of para-hydroxylation sites is 2. The van der Waals surface area contributed by atoms with Gasteiger partial charge in [0.2, 0.25) is 11.8 Å². The van der Waals surface area contributed by atoms with Crippen LogP contribution in [0.3, 0.4) is 0 Å². The van der Waals surface area contributed by atoms with Gasteiger partial charge in [0.1, 0.15) is 18.3 Å². The van der Waals surface area contributed by atoms with E-state index in [0.717, 1.165) is 4.31 Å². The lowest BCUT2D eigenvalue weighted by Crippen LogP contribution is -2.53. The van der Waals surface area contributed by atoms with Gasteiger partial charge in [0.05, 0.1) is 17.2 Å². The molecule has 0 aromatic heterocycles. The molecule has 43 heavy (non-hydrogen) atoms. The van der Waals surface area contributed by atoms with Gasteiger partial charge in [-0.15, -0.1) is 0 Å². The molecule has 232 valence electrons. The van der Waals surface area contributed by atoms with Crippen LogP contribution in [-0.2, 0) is 26.2 Å². The lowest BCUT2D eigenvalue weighted by Gasteiger charge is -2.34. The van der Waals surface area contributed by atoms with E-state index in [-0.39, 0.29) is 47.9 Å². The first kappa shape index (κ1) is 34.5. The number of hydrogen-bond donors (Lipinski definition) is 1. The van der Waals surface area contributed by atoms with E-state index < -0.39 is 28.5 Å². The number of ether oxygens (including phenoxy) is 1. The summed E-state index contributed by atoms with van der Waals surface area (Å²) in [7, 11) is -4.30.